The summed E-state index contributed by atoms with van der Waals surface area (Å²) in [5.41, 5.74) is -0.872. The number of nitro groups is 2. The van der Waals surface area contributed by atoms with E-state index in [1.165, 1.54) is 12.1 Å². The predicted molar refractivity (Wildman–Crippen MR) is 77.3 cm³/mol. The van der Waals surface area contributed by atoms with Crippen molar-refractivity contribution in [1.82, 2.24) is 0 Å². The quantitative estimate of drug-likeness (QED) is 0.476. The maximum absolute atomic E-state index is 12.3. The van der Waals surface area contributed by atoms with Crippen molar-refractivity contribution in [3.05, 3.63) is 78.3 Å². The first-order valence-corrected chi connectivity index (χ1v) is 6.43. The van der Waals surface area contributed by atoms with E-state index in [9.17, 15) is 25.0 Å². The second-order valence-electron chi connectivity index (χ2n) is 4.04. The number of non-ortho nitro benzene ring substituents is 1. The number of nitrogens with zero attached hydrogens (tertiary/aromatic N) is 2. The average Bonchev–Trinajstić information content (AvgIpc) is 2.47. The molecule has 0 saturated heterocycles. The summed E-state index contributed by atoms with van der Waals surface area (Å²) in [5, 5.41) is 21.8. The molecule has 0 aliphatic carbocycles. The van der Waals surface area contributed by atoms with E-state index in [-0.39, 0.29) is 15.6 Å². The molecule has 0 heterocycles. The van der Waals surface area contributed by atoms with Crippen molar-refractivity contribution in [3.8, 4) is 0 Å². The number of nitro benzene ring substituents is 2. The van der Waals surface area contributed by atoms with Crippen molar-refractivity contribution in [1.29, 1.82) is 0 Å². The van der Waals surface area contributed by atoms with E-state index in [0.717, 1.165) is 12.1 Å². The summed E-state index contributed by atoms with van der Waals surface area (Å²) in [6.07, 6.45) is 0. The zero-order valence-electron chi connectivity index (χ0n) is 10.4. The van der Waals surface area contributed by atoms with Crippen molar-refractivity contribution in [2.24, 2.45) is 0 Å². The van der Waals surface area contributed by atoms with Gasteiger partial charge in [-0.3, -0.25) is 25.0 Å². The highest BCUT2D eigenvalue weighted by atomic mass is 79.9. The largest absolute Gasteiger partial charge is 0.291 e. The number of hydrogen-bond donors (Lipinski definition) is 0. The normalized spacial score (nSPS) is 10.1. The van der Waals surface area contributed by atoms with Crippen LogP contribution in [0.4, 0.5) is 11.4 Å². The molecule has 106 valence electrons. The number of halogens is 1. The fourth-order valence-electron chi connectivity index (χ4n) is 1.74. The molecule has 0 fully saturated rings. The Hall–Kier alpha value is -2.61. The molecule has 2 aromatic carbocycles. The smallest absolute Gasteiger partial charge is 0.289 e. The van der Waals surface area contributed by atoms with Gasteiger partial charge < -0.3 is 0 Å². The molecule has 21 heavy (non-hydrogen) atoms. The summed E-state index contributed by atoms with van der Waals surface area (Å²) in [4.78, 5) is 32.6. The SMILES string of the molecule is O=C(c1ccccc1)c1cc([N+](=O)[O-])cc([N+](=O)[O-])c1Br. The van der Waals surface area contributed by atoms with Crippen LogP contribution in [0.25, 0.3) is 0 Å². The Labute approximate surface area is 126 Å². The van der Waals surface area contributed by atoms with Crippen LogP contribution in [0.1, 0.15) is 15.9 Å². The highest BCUT2D eigenvalue weighted by Crippen LogP contribution is 2.34. The van der Waals surface area contributed by atoms with Crippen LogP contribution in [-0.2, 0) is 0 Å². The molecule has 0 saturated carbocycles. The van der Waals surface area contributed by atoms with Gasteiger partial charge in [-0.05, 0) is 15.9 Å². The van der Waals surface area contributed by atoms with Gasteiger partial charge in [0.15, 0.2) is 5.78 Å². The molecule has 0 bridgehead atoms. The van der Waals surface area contributed by atoms with E-state index in [0.29, 0.717) is 0 Å². The molecule has 0 aliphatic heterocycles. The third-order valence-electron chi connectivity index (χ3n) is 2.73. The third kappa shape index (κ3) is 2.95. The van der Waals surface area contributed by atoms with E-state index >= 15 is 0 Å². The number of carbonyl (C=O) groups excluding carboxylic acids is 1. The molecule has 2 rings (SSSR count). The first-order valence-electron chi connectivity index (χ1n) is 5.64. The van der Waals surface area contributed by atoms with Gasteiger partial charge in [-0.25, -0.2) is 0 Å². The molecular weight excluding hydrogens is 344 g/mol. The summed E-state index contributed by atoms with van der Waals surface area (Å²) in [6.45, 7) is 0. The van der Waals surface area contributed by atoms with Crippen LogP contribution in [0.3, 0.4) is 0 Å². The van der Waals surface area contributed by atoms with Gasteiger partial charge in [0, 0.05) is 11.6 Å². The summed E-state index contributed by atoms with van der Waals surface area (Å²) in [6, 6.07) is 9.86. The zero-order chi connectivity index (χ0) is 15.6. The lowest BCUT2D eigenvalue weighted by molar-refractivity contribution is -0.394. The van der Waals surface area contributed by atoms with Gasteiger partial charge >= 0.3 is 0 Å². The highest BCUT2D eigenvalue weighted by Gasteiger charge is 2.26. The molecule has 0 atom stereocenters. The summed E-state index contributed by atoms with van der Waals surface area (Å²) in [5.74, 6) is -0.533. The first-order chi connectivity index (χ1) is 9.91. The molecule has 2 aromatic rings. The minimum Gasteiger partial charge on any atom is -0.289 e. The van der Waals surface area contributed by atoms with Crippen molar-refractivity contribution in [3.63, 3.8) is 0 Å². The van der Waals surface area contributed by atoms with Crippen LogP contribution < -0.4 is 0 Å². The van der Waals surface area contributed by atoms with Crippen molar-refractivity contribution in [2.45, 2.75) is 0 Å². The Morgan fingerprint density at radius 1 is 1.00 bits per heavy atom. The predicted octanol–water partition coefficient (Wildman–Crippen LogP) is 3.50. The summed E-state index contributed by atoms with van der Waals surface area (Å²) < 4.78 is -0.0769. The van der Waals surface area contributed by atoms with Gasteiger partial charge in [0.1, 0.15) is 4.47 Å². The van der Waals surface area contributed by atoms with Crippen molar-refractivity contribution < 1.29 is 14.6 Å². The summed E-state index contributed by atoms with van der Waals surface area (Å²) >= 11 is 2.98. The Kier molecular flexibility index (Phi) is 4.08. The number of rotatable bonds is 4. The molecule has 0 amide bonds. The molecule has 8 heteroatoms. The second kappa shape index (κ2) is 5.80. The number of carbonyl (C=O) groups is 1. The van der Waals surface area contributed by atoms with E-state index in [1.807, 2.05) is 0 Å². The molecule has 7 nitrogen and oxygen atoms in total. The van der Waals surface area contributed by atoms with Crippen LogP contribution in [-0.4, -0.2) is 15.6 Å². The highest BCUT2D eigenvalue weighted by molar-refractivity contribution is 9.10. The number of hydrogen-bond acceptors (Lipinski definition) is 5. The van der Waals surface area contributed by atoms with Crippen LogP contribution in [0.5, 0.6) is 0 Å². The molecule has 0 radical (unpaired) electrons. The van der Waals surface area contributed by atoms with Crippen LogP contribution in [0.2, 0.25) is 0 Å². The zero-order valence-corrected chi connectivity index (χ0v) is 11.9. The van der Waals surface area contributed by atoms with Crippen LogP contribution in [0, 0.1) is 20.2 Å². The average molecular weight is 351 g/mol. The minimum absolute atomic E-state index is 0.0769. The van der Waals surface area contributed by atoms with Crippen molar-refractivity contribution >= 4 is 33.1 Å². The topological polar surface area (TPSA) is 103 Å². The van der Waals surface area contributed by atoms with Crippen LogP contribution in [0.15, 0.2) is 46.9 Å². The molecule has 0 unspecified atom stereocenters. The lowest BCUT2D eigenvalue weighted by Gasteiger charge is -2.05. The van der Waals surface area contributed by atoms with Gasteiger partial charge in [0.05, 0.1) is 21.5 Å². The molecule has 0 spiro atoms. The van der Waals surface area contributed by atoms with E-state index in [1.54, 1.807) is 18.2 Å². The van der Waals surface area contributed by atoms with E-state index in [2.05, 4.69) is 15.9 Å². The maximum atomic E-state index is 12.3. The number of ketones is 1. The summed E-state index contributed by atoms with van der Waals surface area (Å²) in [7, 11) is 0. The molecule has 0 aromatic heterocycles. The monoisotopic (exact) mass is 350 g/mol. The second-order valence-corrected chi connectivity index (χ2v) is 4.83. The minimum atomic E-state index is -0.779. The standard InChI is InChI=1S/C13H7BrN2O5/c14-12-10(13(17)8-4-2-1-3-5-8)6-9(15(18)19)7-11(12)16(20)21/h1-7H. The Morgan fingerprint density at radius 2 is 1.62 bits per heavy atom. The Balaban J connectivity index is 2.65. The lowest BCUT2D eigenvalue weighted by Crippen LogP contribution is -2.05. The van der Waals surface area contributed by atoms with Gasteiger partial charge in [0.2, 0.25) is 0 Å². The Morgan fingerprint density at radius 3 is 2.14 bits per heavy atom. The van der Waals surface area contributed by atoms with E-state index < -0.39 is 27.0 Å². The maximum Gasteiger partial charge on any atom is 0.291 e. The fourth-order valence-corrected chi connectivity index (χ4v) is 2.30. The first kappa shape index (κ1) is 14.8. The molecular formula is C13H7BrN2O5. The fraction of sp³-hybridized carbons (Fsp3) is 0. The lowest BCUT2D eigenvalue weighted by atomic mass is 10.0. The van der Waals surface area contributed by atoms with Gasteiger partial charge in [-0.15, -0.1) is 0 Å². The van der Waals surface area contributed by atoms with Gasteiger partial charge in [0.25, 0.3) is 11.4 Å². The molecule has 0 N–H and O–H groups in total. The van der Waals surface area contributed by atoms with Crippen molar-refractivity contribution in [2.75, 3.05) is 0 Å². The van der Waals surface area contributed by atoms with Crippen LogP contribution >= 0.6 is 15.9 Å². The molecule has 0 aliphatic rings. The van der Waals surface area contributed by atoms with Gasteiger partial charge in [-0.1, -0.05) is 30.3 Å². The Bertz CT molecular complexity index is 746. The number of benzene rings is 2. The van der Waals surface area contributed by atoms with Gasteiger partial charge in [-0.2, -0.15) is 0 Å². The van der Waals surface area contributed by atoms with E-state index in [4.69, 9.17) is 0 Å². The third-order valence-corrected chi connectivity index (χ3v) is 3.56.